The number of benzene rings is 5. The second-order valence-electron chi connectivity index (χ2n) is 11.0. The third-order valence-corrected chi connectivity index (χ3v) is 16.2. The number of hydrogen-bond acceptors (Lipinski definition) is 5. The van der Waals surface area contributed by atoms with Crippen LogP contribution in [0.25, 0.3) is 41.4 Å². The van der Waals surface area contributed by atoms with Crippen LogP contribution in [0, 0.1) is 0 Å². The minimum absolute atomic E-state index is 1.04. The van der Waals surface area contributed by atoms with Crippen molar-refractivity contribution in [1.29, 1.82) is 0 Å². The summed E-state index contributed by atoms with van der Waals surface area (Å²) in [5.41, 5.74) is 3.29. The fourth-order valence-corrected chi connectivity index (χ4v) is 14.5. The van der Waals surface area contributed by atoms with E-state index in [1.807, 2.05) is 11.3 Å². The maximum absolute atomic E-state index is 5.35. The van der Waals surface area contributed by atoms with Crippen LogP contribution in [0.4, 0.5) is 0 Å². The average molecular weight is 649 g/mol. The molecule has 2 nitrogen and oxygen atoms in total. The first-order valence-corrected chi connectivity index (χ1v) is 19.0. The lowest BCUT2D eigenvalue weighted by Crippen LogP contribution is -2.25. The standard InChI is InChI=1S/C39H25N2PS3/c1-3-14-28(15-4-1)42(29-16-5-2-6-17-29)32(38-40-30-18-8-11-21-35(30)44-38)23-27(37-25-26-13-7-10-20-34(26)43-37)24-33(42)39-41-31-19-9-12-22-36(31)45-39/h1-25H. The molecule has 0 atom stereocenters. The zero-order valence-corrected chi connectivity index (χ0v) is 27.3. The molecular weight excluding hydrogens is 624 g/mol. The van der Waals surface area contributed by atoms with Crippen molar-refractivity contribution in [2.45, 2.75) is 0 Å². The first-order valence-electron chi connectivity index (χ1n) is 14.8. The quantitative estimate of drug-likeness (QED) is 0.174. The van der Waals surface area contributed by atoms with Gasteiger partial charge in [0.1, 0.15) is 10.0 Å². The zero-order valence-electron chi connectivity index (χ0n) is 24.0. The molecule has 1 aliphatic heterocycles. The highest BCUT2D eigenvalue weighted by atomic mass is 32.1. The minimum Gasteiger partial charge on any atom is -0.236 e. The predicted octanol–water partition coefficient (Wildman–Crippen LogP) is 10.4. The fraction of sp³-hybridized carbons (Fsp3) is 0. The third kappa shape index (κ3) is 4.42. The Morgan fingerprint density at radius 3 is 1.62 bits per heavy atom. The van der Waals surface area contributed by atoms with Crippen molar-refractivity contribution in [3.05, 3.63) is 167 Å². The van der Waals surface area contributed by atoms with Crippen LogP contribution in [-0.2, 0) is 0 Å². The van der Waals surface area contributed by atoms with Gasteiger partial charge in [0.2, 0.25) is 0 Å². The van der Waals surface area contributed by atoms with Crippen LogP contribution < -0.4 is 10.6 Å². The summed E-state index contributed by atoms with van der Waals surface area (Å²) in [6.07, 6.45) is 4.90. The summed E-state index contributed by atoms with van der Waals surface area (Å²) in [5, 5.41) is 8.60. The molecule has 214 valence electrons. The molecule has 45 heavy (non-hydrogen) atoms. The second-order valence-corrected chi connectivity index (χ2v) is 17.5. The molecular formula is C39H25N2PS3. The number of rotatable bonds is 5. The number of thiophene rings is 1. The zero-order chi connectivity index (χ0) is 29.8. The van der Waals surface area contributed by atoms with Gasteiger partial charge in [0, 0.05) is 20.2 Å². The van der Waals surface area contributed by atoms with Gasteiger partial charge in [-0.15, -0.1) is 34.0 Å². The highest BCUT2D eigenvalue weighted by Gasteiger charge is 2.37. The number of para-hydroxylation sites is 2. The monoisotopic (exact) mass is 648 g/mol. The van der Waals surface area contributed by atoms with Crippen LogP contribution in [0.1, 0.15) is 14.9 Å². The largest absolute Gasteiger partial charge is 0.236 e. The second kappa shape index (κ2) is 10.9. The Balaban J connectivity index is 1.48. The van der Waals surface area contributed by atoms with Crippen molar-refractivity contribution in [3.8, 4) is 0 Å². The Hall–Kier alpha value is -4.38. The van der Waals surface area contributed by atoms with E-state index in [1.54, 1.807) is 22.7 Å². The van der Waals surface area contributed by atoms with Crippen LogP contribution in [0.15, 0.2) is 152 Å². The Bertz CT molecular complexity index is 2350. The van der Waals surface area contributed by atoms with Crippen LogP contribution in [0.2, 0.25) is 0 Å². The van der Waals surface area contributed by atoms with Gasteiger partial charge in [-0.2, -0.15) is 0 Å². The molecule has 0 radical (unpaired) electrons. The molecule has 0 fully saturated rings. The van der Waals surface area contributed by atoms with E-state index in [0.29, 0.717) is 0 Å². The summed E-state index contributed by atoms with van der Waals surface area (Å²) < 4.78 is 3.70. The topological polar surface area (TPSA) is 25.8 Å². The van der Waals surface area contributed by atoms with E-state index in [4.69, 9.17) is 9.97 Å². The normalized spacial score (nSPS) is 14.6. The van der Waals surface area contributed by atoms with Crippen LogP contribution >= 0.6 is 40.9 Å². The van der Waals surface area contributed by atoms with E-state index in [9.17, 15) is 0 Å². The maximum Gasteiger partial charge on any atom is 0.125 e. The molecule has 0 bridgehead atoms. The molecule has 0 N–H and O–H groups in total. The van der Waals surface area contributed by atoms with Crippen LogP contribution in [-0.4, -0.2) is 15.3 Å². The number of fused-ring (bicyclic) bond motifs is 3. The lowest BCUT2D eigenvalue weighted by atomic mass is 10.1. The van der Waals surface area contributed by atoms with Gasteiger partial charge in [0.15, 0.2) is 0 Å². The Morgan fingerprint density at radius 1 is 0.467 bits per heavy atom. The molecule has 0 aliphatic carbocycles. The van der Waals surface area contributed by atoms with Crippen LogP contribution in [0.5, 0.6) is 0 Å². The molecule has 1 aliphatic rings. The molecule has 8 aromatic rings. The van der Waals surface area contributed by atoms with Gasteiger partial charge in [-0.1, -0.05) is 103 Å². The summed E-state index contributed by atoms with van der Waals surface area (Å²) >= 11 is 5.44. The minimum atomic E-state index is -2.46. The summed E-state index contributed by atoms with van der Waals surface area (Å²) in [5.74, 6) is 0. The van der Waals surface area contributed by atoms with E-state index < -0.39 is 6.89 Å². The van der Waals surface area contributed by atoms with E-state index in [0.717, 1.165) is 21.0 Å². The van der Waals surface area contributed by atoms with E-state index in [2.05, 4.69) is 152 Å². The highest BCUT2D eigenvalue weighted by molar-refractivity contribution is 7.98. The SMILES string of the molecule is C1=C(c2cc3ccccc3s2)C=C(c2nc3ccccc3s2)P(c2ccccc2)(c2ccccc2)=C1c1nc2ccccc2s1. The molecule has 4 heterocycles. The molecule has 6 heteroatoms. The van der Waals surface area contributed by atoms with Crippen molar-refractivity contribution in [2.24, 2.45) is 0 Å². The summed E-state index contributed by atoms with van der Waals surface area (Å²) in [7, 11) is 0. The van der Waals surface area contributed by atoms with E-state index in [-0.39, 0.29) is 0 Å². The number of hydrogen-bond donors (Lipinski definition) is 0. The summed E-state index contributed by atoms with van der Waals surface area (Å²) in [6.45, 7) is -2.46. The first-order chi connectivity index (χ1) is 22.3. The third-order valence-electron chi connectivity index (χ3n) is 8.33. The Kier molecular flexibility index (Phi) is 6.54. The number of aromatic nitrogens is 2. The lowest BCUT2D eigenvalue weighted by Gasteiger charge is -2.35. The van der Waals surface area contributed by atoms with Crippen molar-refractivity contribution < 1.29 is 0 Å². The number of thiazole rings is 2. The Labute approximate surface area is 273 Å². The van der Waals surface area contributed by atoms with E-state index >= 15 is 0 Å². The predicted molar refractivity (Wildman–Crippen MR) is 200 cm³/mol. The van der Waals surface area contributed by atoms with E-state index in [1.165, 1.54) is 51.2 Å². The molecule has 9 rings (SSSR count). The number of allylic oxidation sites excluding steroid dienone is 3. The molecule has 5 aromatic carbocycles. The van der Waals surface area contributed by atoms with Gasteiger partial charge in [-0.05, 0) is 77.0 Å². The summed E-state index contributed by atoms with van der Waals surface area (Å²) in [4.78, 5) is 12.0. The molecule has 0 saturated heterocycles. The van der Waals surface area contributed by atoms with Crippen molar-refractivity contribution in [1.82, 2.24) is 9.97 Å². The smallest absolute Gasteiger partial charge is 0.125 e. The average Bonchev–Trinajstić information content (AvgIpc) is 3.85. The van der Waals surface area contributed by atoms with Crippen molar-refractivity contribution in [3.63, 3.8) is 0 Å². The molecule has 0 amide bonds. The van der Waals surface area contributed by atoms with Crippen LogP contribution in [0.3, 0.4) is 0 Å². The Morgan fingerprint density at radius 2 is 1.00 bits per heavy atom. The summed E-state index contributed by atoms with van der Waals surface area (Å²) in [6, 6.07) is 50.2. The molecule has 0 saturated carbocycles. The first kappa shape index (κ1) is 27.0. The van der Waals surface area contributed by atoms with Gasteiger partial charge >= 0.3 is 0 Å². The molecule has 0 unspecified atom stereocenters. The highest BCUT2D eigenvalue weighted by Crippen LogP contribution is 2.64. The van der Waals surface area contributed by atoms with Crippen molar-refractivity contribution in [2.75, 3.05) is 0 Å². The fourth-order valence-electron chi connectivity index (χ4n) is 6.31. The molecule has 0 spiro atoms. The maximum atomic E-state index is 5.35. The van der Waals surface area contributed by atoms with Crippen molar-refractivity contribution >= 4 is 98.2 Å². The van der Waals surface area contributed by atoms with Gasteiger partial charge in [-0.25, -0.2) is 9.97 Å². The van der Waals surface area contributed by atoms with Gasteiger partial charge in [0.25, 0.3) is 0 Å². The lowest BCUT2D eigenvalue weighted by molar-refractivity contribution is 1.45. The van der Waals surface area contributed by atoms with Gasteiger partial charge in [-0.3, -0.25) is 0 Å². The molecule has 3 aromatic heterocycles. The van der Waals surface area contributed by atoms with Gasteiger partial charge < -0.3 is 0 Å². The van der Waals surface area contributed by atoms with Gasteiger partial charge in [0.05, 0.1) is 20.4 Å². The number of nitrogens with zero attached hydrogens (tertiary/aromatic N) is 2.